The number of hydrogen-bond donors (Lipinski definition) is 1. The summed E-state index contributed by atoms with van der Waals surface area (Å²) < 4.78 is 5.65. The monoisotopic (exact) mass is 156 g/mol. The summed E-state index contributed by atoms with van der Waals surface area (Å²) in [5.74, 6) is 0. The lowest BCUT2D eigenvalue weighted by atomic mass is 10.0. The second-order valence-electron chi connectivity index (χ2n) is 3.45. The first-order valence-corrected chi connectivity index (χ1v) is 4.40. The van der Waals surface area contributed by atoms with Gasteiger partial charge >= 0.3 is 0 Å². The van der Waals surface area contributed by atoms with Crippen molar-refractivity contribution in [1.82, 2.24) is 10.2 Å². The molecule has 0 aromatic heterocycles. The standard InChI is InChI=1S/C8H16N2O/c1-10-4-5-11-8-6-9-3-2-7(8)10/h7-9H,2-6H2,1H3/t7?,8-/m0/s1. The molecule has 2 fully saturated rings. The maximum absolute atomic E-state index is 5.65. The Kier molecular flexibility index (Phi) is 2.11. The molecular weight excluding hydrogens is 140 g/mol. The van der Waals surface area contributed by atoms with Gasteiger partial charge in [0.2, 0.25) is 0 Å². The molecule has 0 radical (unpaired) electrons. The highest BCUT2D eigenvalue weighted by Crippen LogP contribution is 2.17. The predicted octanol–water partition coefficient (Wildman–Crippen LogP) is -0.321. The number of nitrogens with zero attached hydrogens (tertiary/aromatic N) is 1. The Morgan fingerprint density at radius 2 is 2.45 bits per heavy atom. The van der Waals surface area contributed by atoms with Crippen molar-refractivity contribution in [2.75, 3.05) is 33.3 Å². The fourth-order valence-electron chi connectivity index (χ4n) is 2.00. The minimum atomic E-state index is 0.447. The molecule has 3 heteroatoms. The number of rotatable bonds is 0. The maximum Gasteiger partial charge on any atom is 0.0855 e. The van der Waals surface area contributed by atoms with Gasteiger partial charge in [-0.15, -0.1) is 0 Å². The SMILES string of the molecule is CN1CCO[C@H]2CNCCC21. The predicted molar refractivity (Wildman–Crippen MR) is 43.6 cm³/mol. The summed E-state index contributed by atoms with van der Waals surface area (Å²) in [4.78, 5) is 2.43. The van der Waals surface area contributed by atoms with E-state index in [1.165, 1.54) is 6.42 Å². The molecule has 2 heterocycles. The van der Waals surface area contributed by atoms with E-state index in [4.69, 9.17) is 4.74 Å². The minimum Gasteiger partial charge on any atom is -0.374 e. The van der Waals surface area contributed by atoms with Crippen molar-refractivity contribution in [2.24, 2.45) is 0 Å². The van der Waals surface area contributed by atoms with Gasteiger partial charge in [0, 0.05) is 19.1 Å². The Balaban J connectivity index is 1.99. The zero-order chi connectivity index (χ0) is 7.68. The normalized spacial score (nSPS) is 40.1. The van der Waals surface area contributed by atoms with Crippen LogP contribution in [0.1, 0.15) is 6.42 Å². The van der Waals surface area contributed by atoms with Crippen molar-refractivity contribution in [2.45, 2.75) is 18.6 Å². The summed E-state index contributed by atoms with van der Waals surface area (Å²) in [6.45, 7) is 4.18. The van der Waals surface area contributed by atoms with E-state index >= 15 is 0 Å². The number of piperidine rings is 1. The molecule has 0 aliphatic carbocycles. The molecule has 1 unspecified atom stereocenters. The summed E-state index contributed by atoms with van der Waals surface area (Å²) in [5, 5.41) is 3.35. The van der Waals surface area contributed by atoms with Crippen molar-refractivity contribution < 1.29 is 4.74 Å². The second-order valence-corrected chi connectivity index (χ2v) is 3.45. The molecule has 2 saturated heterocycles. The number of hydrogen-bond acceptors (Lipinski definition) is 3. The minimum absolute atomic E-state index is 0.447. The van der Waals surface area contributed by atoms with Gasteiger partial charge in [-0.05, 0) is 20.0 Å². The number of ether oxygens (including phenoxy) is 1. The third-order valence-corrected chi connectivity index (χ3v) is 2.73. The van der Waals surface area contributed by atoms with Crippen LogP contribution in [0.25, 0.3) is 0 Å². The van der Waals surface area contributed by atoms with Crippen LogP contribution in [0.4, 0.5) is 0 Å². The molecule has 0 spiro atoms. The van der Waals surface area contributed by atoms with Gasteiger partial charge in [-0.2, -0.15) is 0 Å². The van der Waals surface area contributed by atoms with Crippen molar-refractivity contribution in [3.05, 3.63) is 0 Å². The van der Waals surface area contributed by atoms with Crippen molar-refractivity contribution in [3.8, 4) is 0 Å². The van der Waals surface area contributed by atoms with E-state index in [1.54, 1.807) is 0 Å². The van der Waals surface area contributed by atoms with Crippen LogP contribution >= 0.6 is 0 Å². The van der Waals surface area contributed by atoms with E-state index in [9.17, 15) is 0 Å². The first kappa shape index (κ1) is 7.53. The molecule has 0 aromatic rings. The first-order valence-electron chi connectivity index (χ1n) is 4.40. The summed E-state index contributed by atoms with van der Waals surface area (Å²) in [6.07, 6.45) is 1.68. The van der Waals surface area contributed by atoms with Crippen LogP contribution in [0.2, 0.25) is 0 Å². The van der Waals surface area contributed by atoms with Gasteiger partial charge in [0.25, 0.3) is 0 Å². The molecule has 0 bridgehead atoms. The van der Waals surface area contributed by atoms with Crippen LogP contribution in [-0.4, -0.2) is 50.3 Å². The number of fused-ring (bicyclic) bond motifs is 1. The molecule has 2 rings (SSSR count). The highest BCUT2D eigenvalue weighted by Gasteiger charge is 2.31. The van der Waals surface area contributed by atoms with E-state index in [2.05, 4.69) is 17.3 Å². The molecule has 2 atom stereocenters. The van der Waals surface area contributed by atoms with Crippen LogP contribution in [0.3, 0.4) is 0 Å². The highest BCUT2D eigenvalue weighted by atomic mass is 16.5. The van der Waals surface area contributed by atoms with Gasteiger partial charge in [-0.1, -0.05) is 0 Å². The first-order chi connectivity index (χ1) is 5.38. The number of likely N-dealkylation sites (N-methyl/N-ethyl adjacent to an activating group) is 1. The lowest BCUT2D eigenvalue weighted by molar-refractivity contribution is -0.0716. The Hall–Kier alpha value is -0.120. The molecular formula is C8H16N2O. The van der Waals surface area contributed by atoms with E-state index in [1.807, 2.05) is 0 Å². The largest absolute Gasteiger partial charge is 0.374 e. The summed E-state index contributed by atoms with van der Waals surface area (Å²) in [5.41, 5.74) is 0. The van der Waals surface area contributed by atoms with E-state index in [0.717, 1.165) is 26.2 Å². The van der Waals surface area contributed by atoms with Gasteiger partial charge in [-0.25, -0.2) is 0 Å². The molecule has 2 aliphatic rings. The quantitative estimate of drug-likeness (QED) is 0.520. The van der Waals surface area contributed by atoms with E-state index in [-0.39, 0.29) is 0 Å². The highest BCUT2D eigenvalue weighted by molar-refractivity contribution is 4.87. The average Bonchev–Trinajstić information content (AvgIpc) is 2.06. The fourth-order valence-corrected chi connectivity index (χ4v) is 2.00. The van der Waals surface area contributed by atoms with Crippen LogP contribution < -0.4 is 5.32 Å². The van der Waals surface area contributed by atoms with Gasteiger partial charge < -0.3 is 10.1 Å². The van der Waals surface area contributed by atoms with Gasteiger partial charge in [0.15, 0.2) is 0 Å². The molecule has 0 aromatic carbocycles. The third-order valence-electron chi connectivity index (χ3n) is 2.73. The lowest BCUT2D eigenvalue weighted by Crippen LogP contribution is -2.57. The van der Waals surface area contributed by atoms with E-state index in [0.29, 0.717) is 12.1 Å². The van der Waals surface area contributed by atoms with Gasteiger partial charge in [0.05, 0.1) is 12.7 Å². The average molecular weight is 156 g/mol. The molecule has 0 amide bonds. The van der Waals surface area contributed by atoms with Crippen LogP contribution in [0, 0.1) is 0 Å². The molecule has 0 saturated carbocycles. The van der Waals surface area contributed by atoms with Crippen LogP contribution in [-0.2, 0) is 4.74 Å². The Bertz CT molecular complexity index is 138. The van der Waals surface area contributed by atoms with Crippen molar-refractivity contribution in [3.63, 3.8) is 0 Å². The molecule has 1 N–H and O–H groups in total. The molecule has 11 heavy (non-hydrogen) atoms. The van der Waals surface area contributed by atoms with Crippen molar-refractivity contribution in [1.29, 1.82) is 0 Å². The summed E-state index contributed by atoms with van der Waals surface area (Å²) in [6, 6.07) is 0.671. The van der Waals surface area contributed by atoms with Gasteiger partial charge in [-0.3, -0.25) is 4.90 Å². The van der Waals surface area contributed by atoms with Gasteiger partial charge in [0.1, 0.15) is 0 Å². The Labute approximate surface area is 67.7 Å². The Morgan fingerprint density at radius 3 is 3.27 bits per heavy atom. The number of morpholine rings is 1. The fraction of sp³-hybridized carbons (Fsp3) is 1.00. The molecule has 2 aliphatic heterocycles. The zero-order valence-electron chi connectivity index (χ0n) is 7.05. The zero-order valence-corrected chi connectivity index (χ0v) is 7.05. The topological polar surface area (TPSA) is 24.5 Å². The number of nitrogens with one attached hydrogen (secondary N) is 1. The van der Waals surface area contributed by atoms with Crippen LogP contribution in [0.5, 0.6) is 0 Å². The lowest BCUT2D eigenvalue weighted by Gasteiger charge is -2.42. The molecule has 3 nitrogen and oxygen atoms in total. The third kappa shape index (κ3) is 1.41. The summed E-state index contributed by atoms with van der Waals surface area (Å²) >= 11 is 0. The van der Waals surface area contributed by atoms with Crippen molar-refractivity contribution >= 4 is 0 Å². The second kappa shape index (κ2) is 3.09. The summed E-state index contributed by atoms with van der Waals surface area (Å²) in [7, 11) is 2.20. The smallest absolute Gasteiger partial charge is 0.0855 e. The van der Waals surface area contributed by atoms with E-state index < -0.39 is 0 Å². The van der Waals surface area contributed by atoms with Crippen LogP contribution in [0.15, 0.2) is 0 Å². The molecule has 64 valence electrons. The Morgan fingerprint density at radius 1 is 1.55 bits per heavy atom. The maximum atomic E-state index is 5.65.